The predicted octanol–water partition coefficient (Wildman–Crippen LogP) is 9.47. The fourth-order valence-corrected chi connectivity index (χ4v) is 9.27. The maximum atomic E-state index is 14.9. The number of para-hydroxylation sites is 2. The quantitative estimate of drug-likeness (QED) is 0.137. The summed E-state index contributed by atoms with van der Waals surface area (Å²) >= 11 is 0. The van der Waals surface area contributed by atoms with E-state index in [1.54, 1.807) is 0 Å². The summed E-state index contributed by atoms with van der Waals surface area (Å²) in [5.41, 5.74) is 7.00. The summed E-state index contributed by atoms with van der Waals surface area (Å²) in [5, 5.41) is 5.64. The van der Waals surface area contributed by atoms with Gasteiger partial charge < -0.3 is 4.57 Å². The van der Waals surface area contributed by atoms with E-state index in [-0.39, 0.29) is 0 Å². The Morgan fingerprint density at radius 1 is 0.617 bits per heavy atom. The molecule has 0 bridgehead atoms. The highest BCUT2D eigenvalue weighted by Crippen LogP contribution is 2.43. The molecular formula is C42H32N3OP. The smallest absolute Gasteiger partial charge is 0.171 e. The van der Waals surface area contributed by atoms with E-state index in [1.807, 2.05) is 98.8 Å². The second kappa shape index (κ2) is 11.7. The third kappa shape index (κ3) is 4.81. The lowest BCUT2D eigenvalue weighted by atomic mass is 10.00. The van der Waals surface area contributed by atoms with E-state index in [2.05, 4.69) is 77.2 Å². The molecule has 8 rings (SSSR count). The molecule has 0 saturated carbocycles. The number of fused-ring (bicyclic) bond motifs is 6. The Labute approximate surface area is 273 Å². The molecule has 226 valence electrons. The highest BCUT2D eigenvalue weighted by molar-refractivity contribution is 7.85. The van der Waals surface area contributed by atoms with Gasteiger partial charge in [0.15, 0.2) is 7.14 Å². The molecule has 0 radical (unpaired) electrons. The minimum Gasteiger partial charge on any atom is -0.309 e. The van der Waals surface area contributed by atoms with Crippen LogP contribution in [0.25, 0.3) is 55.1 Å². The van der Waals surface area contributed by atoms with Gasteiger partial charge in [-0.15, -0.1) is 0 Å². The lowest BCUT2D eigenvalue weighted by Gasteiger charge is -2.20. The molecule has 0 N–H and O–H groups in total. The maximum absolute atomic E-state index is 14.9. The largest absolute Gasteiger partial charge is 0.309 e. The lowest BCUT2D eigenvalue weighted by Crippen LogP contribution is -2.24. The van der Waals surface area contributed by atoms with Crippen molar-refractivity contribution in [1.29, 1.82) is 0 Å². The zero-order chi connectivity index (χ0) is 32.0. The third-order valence-electron chi connectivity index (χ3n) is 8.91. The van der Waals surface area contributed by atoms with Crippen molar-refractivity contribution < 1.29 is 4.57 Å². The molecule has 0 unspecified atom stereocenters. The first-order valence-corrected chi connectivity index (χ1v) is 17.6. The number of nitrogens with zero attached hydrogens (tertiary/aromatic N) is 3. The zero-order valence-electron chi connectivity index (χ0n) is 26.2. The normalized spacial score (nSPS) is 12.6. The van der Waals surface area contributed by atoms with E-state index in [4.69, 9.17) is 9.97 Å². The topological polar surface area (TPSA) is 47.3 Å². The predicted molar refractivity (Wildman–Crippen MR) is 199 cm³/mol. The summed E-state index contributed by atoms with van der Waals surface area (Å²) in [7, 11) is -3.06. The first kappa shape index (κ1) is 28.9. The van der Waals surface area contributed by atoms with E-state index in [0.717, 1.165) is 76.8 Å². The molecule has 6 aromatic carbocycles. The van der Waals surface area contributed by atoms with Crippen LogP contribution < -0.4 is 15.9 Å². The van der Waals surface area contributed by atoms with E-state index < -0.39 is 7.14 Å². The minimum absolute atomic E-state index is 0.829. The van der Waals surface area contributed by atoms with Crippen molar-refractivity contribution in [3.8, 4) is 11.1 Å². The van der Waals surface area contributed by atoms with E-state index in [9.17, 15) is 4.57 Å². The molecule has 47 heavy (non-hydrogen) atoms. The highest BCUT2D eigenvalue weighted by Gasteiger charge is 2.29. The summed E-state index contributed by atoms with van der Waals surface area (Å²) in [6.07, 6.45) is 6.23. The Hall–Kier alpha value is -5.57. The molecular weight excluding hydrogens is 593 g/mol. The second-order valence-corrected chi connectivity index (χ2v) is 14.5. The first-order chi connectivity index (χ1) is 23.1. The number of imidazole rings is 1. The summed E-state index contributed by atoms with van der Waals surface area (Å²) in [6, 6.07) is 47.0. The molecule has 2 aromatic heterocycles. The zero-order valence-corrected chi connectivity index (χ0v) is 27.1. The second-order valence-electron chi connectivity index (χ2n) is 11.7. The van der Waals surface area contributed by atoms with Crippen LogP contribution in [-0.4, -0.2) is 14.4 Å². The molecule has 0 aliphatic rings. The molecule has 4 nitrogen and oxygen atoms in total. The molecule has 0 atom stereocenters. The van der Waals surface area contributed by atoms with Crippen LogP contribution in [0.5, 0.6) is 0 Å². The van der Waals surface area contributed by atoms with Gasteiger partial charge in [0.05, 0.1) is 16.6 Å². The fourth-order valence-electron chi connectivity index (χ4n) is 6.58. The lowest BCUT2D eigenvalue weighted by molar-refractivity contribution is 0.592. The van der Waals surface area contributed by atoms with Crippen LogP contribution in [-0.2, 0) is 4.57 Å². The SMILES string of the molecule is C/C=C\C(=C/C)c1nc2ccc(-c3ccc4cc(P(=O)(c5ccccc5)c5ccccc5)ccc4c3)cc2c2nc3ccccc3n12. The molecule has 0 spiro atoms. The summed E-state index contributed by atoms with van der Waals surface area (Å²) in [5.74, 6) is 0.874. The van der Waals surface area contributed by atoms with Crippen molar-refractivity contribution in [2.45, 2.75) is 13.8 Å². The van der Waals surface area contributed by atoms with Gasteiger partial charge >= 0.3 is 0 Å². The molecule has 5 heteroatoms. The number of allylic oxidation sites excluding steroid dienone is 4. The third-order valence-corrected chi connectivity index (χ3v) is 12.0. The van der Waals surface area contributed by atoms with Gasteiger partial charge in [-0.2, -0.15) is 0 Å². The van der Waals surface area contributed by atoms with Crippen molar-refractivity contribution in [2.75, 3.05) is 0 Å². The molecule has 0 amide bonds. The standard InChI is InChI=1S/C42H32N3OP/c1-3-13-29(4-2)41-43-38-25-23-33(28-37(38)42-44-39-18-11-12-19-40(39)45(41)42)30-20-21-32-27-36(24-22-31(32)26-30)47(46,34-14-7-5-8-15-34)35-16-9-6-10-17-35/h3-28H,1-2H3/b13-3-,29-4+. The van der Waals surface area contributed by atoms with Gasteiger partial charge in [0.2, 0.25) is 0 Å². The van der Waals surface area contributed by atoms with Crippen LogP contribution in [0.15, 0.2) is 158 Å². The Morgan fingerprint density at radius 3 is 1.98 bits per heavy atom. The number of hydrogen-bond acceptors (Lipinski definition) is 3. The fraction of sp³-hybridized carbons (Fsp3) is 0.0476. The first-order valence-electron chi connectivity index (χ1n) is 15.8. The average molecular weight is 626 g/mol. The minimum atomic E-state index is -3.06. The van der Waals surface area contributed by atoms with Gasteiger partial charge in [-0.3, -0.25) is 4.40 Å². The van der Waals surface area contributed by atoms with Gasteiger partial charge in [0, 0.05) is 26.9 Å². The maximum Gasteiger partial charge on any atom is 0.171 e. The van der Waals surface area contributed by atoms with Crippen molar-refractivity contribution in [1.82, 2.24) is 14.4 Å². The van der Waals surface area contributed by atoms with Crippen molar-refractivity contribution >= 4 is 67.0 Å². The number of hydrogen-bond donors (Lipinski definition) is 0. The molecule has 0 aliphatic heterocycles. The van der Waals surface area contributed by atoms with Crippen LogP contribution in [0.2, 0.25) is 0 Å². The summed E-state index contributed by atoms with van der Waals surface area (Å²) in [6.45, 7) is 4.07. The van der Waals surface area contributed by atoms with Gasteiger partial charge in [-0.1, -0.05) is 121 Å². The summed E-state index contributed by atoms with van der Waals surface area (Å²) in [4.78, 5) is 10.3. The van der Waals surface area contributed by atoms with Crippen molar-refractivity contribution in [3.05, 3.63) is 164 Å². The van der Waals surface area contributed by atoms with Crippen LogP contribution in [0.3, 0.4) is 0 Å². The van der Waals surface area contributed by atoms with Crippen LogP contribution in [0, 0.1) is 0 Å². The van der Waals surface area contributed by atoms with E-state index in [1.165, 1.54) is 0 Å². The van der Waals surface area contributed by atoms with Crippen LogP contribution in [0.4, 0.5) is 0 Å². The number of rotatable bonds is 6. The molecule has 0 aliphatic carbocycles. The number of aromatic nitrogens is 3. The summed E-state index contributed by atoms with van der Waals surface area (Å²) < 4.78 is 17.1. The number of benzene rings is 6. The average Bonchev–Trinajstić information content (AvgIpc) is 3.53. The highest BCUT2D eigenvalue weighted by atomic mass is 31.2. The Balaban J connectivity index is 1.26. The monoisotopic (exact) mass is 625 g/mol. The molecule has 2 heterocycles. The Bertz CT molecular complexity index is 2520. The van der Waals surface area contributed by atoms with Gasteiger partial charge in [-0.25, -0.2) is 9.97 Å². The molecule has 8 aromatic rings. The Morgan fingerprint density at radius 2 is 1.26 bits per heavy atom. The van der Waals surface area contributed by atoms with E-state index in [0.29, 0.717) is 0 Å². The molecule has 0 saturated heterocycles. The Kier molecular flexibility index (Phi) is 7.16. The van der Waals surface area contributed by atoms with Gasteiger partial charge in [0.1, 0.15) is 11.5 Å². The van der Waals surface area contributed by atoms with Crippen molar-refractivity contribution in [2.24, 2.45) is 0 Å². The van der Waals surface area contributed by atoms with E-state index >= 15 is 0 Å². The molecule has 0 fully saturated rings. The van der Waals surface area contributed by atoms with Gasteiger partial charge in [0.25, 0.3) is 0 Å². The van der Waals surface area contributed by atoms with Crippen molar-refractivity contribution in [3.63, 3.8) is 0 Å². The van der Waals surface area contributed by atoms with Crippen LogP contribution in [0.1, 0.15) is 19.7 Å². The van der Waals surface area contributed by atoms with Gasteiger partial charge in [-0.05, 0) is 72.1 Å². The van der Waals surface area contributed by atoms with Crippen LogP contribution >= 0.6 is 7.14 Å².